The molecule has 8 heteroatoms. The lowest BCUT2D eigenvalue weighted by Crippen LogP contribution is -2.36. The highest BCUT2D eigenvalue weighted by molar-refractivity contribution is 7.52. The minimum atomic E-state index is -3.93. The van der Waals surface area contributed by atoms with Gasteiger partial charge in [-0.25, -0.2) is 4.57 Å². The summed E-state index contributed by atoms with van der Waals surface area (Å²) in [4.78, 5) is 12.0. The topological polar surface area (TPSA) is 73.9 Å². The van der Waals surface area contributed by atoms with Crippen LogP contribution in [-0.2, 0) is 14.1 Å². The van der Waals surface area contributed by atoms with Gasteiger partial charge in [-0.1, -0.05) is 29.8 Å². The minimum Gasteiger partial charge on any atom is -0.462 e. The molecule has 0 aliphatic heterocycles. The maximum Gasteiger partial charge on any atom is 0.513 e. The number of para-hydroxylation sites is 1. The van der Waals surface area contributed by atoms with Crippen LogP contribution in [0.5, 0.6) is 11.5 Å². The number of hydrogen-bond acceptors (Lipinski definition) is 5. The molecule has 1 N–H and O–H groups in total. The Hall–Kier alpha value is -2.01. The fourth-order valence-corrected chi connectivity index (χ4v) is 3.60. The molecule has 2 aromatic carbocycles. The van der Waals surface area contributed by atoms with Crippen molar-refractivity contribution in [3.8, 4) is 11.5 Å². The highest BCUT2D eigenvalue weighted by Gasteiger charge is 2.34. The van der Waals surface area contributed by atoms with E-state index in [-0.39, 0.29) is 11.9 Å². The first-order chi connectivity index (χ1) is 12.3. The largest absolute Gasteiger partial charge is 0.513 e. The van der Waals surface area contributed by atoms with Gasteiger partial charge in [0.2, 0.25) is 0 Å². The third-order valence-corrected chi connectivity index (χ3v) is 4.92. The van der Waals surface area contributed by atoms with Crippen LogP contribution in [0.1, 0.15) is 20.8 Å². The van der Waals surface area contributed by atoms with Crippen molar-refractivity contribution >= 4 is 25.3 Å². The second-order valence-corrected chi connectivity index (χ2v) is 7.84. The van der Waals surface area contributed by atoms with Crippen LogP contribution in [0, 0.1) is 0 Å². The second-order valence-electron chi connectivity index (χ2n) is 5.78. The van der Waals surface area contributed by atoms with Crippen molar-refractivity contribution in [3.05, 3.63) is 59.6 Å². The average molecular weight is 398 g/mol. The van der Waals surface area contributed by atoms with Gasteiger partial charge in [0.15, 0.2) is 0 Å². The monoisotopic (exact) mass is 397 g/mol. The number of esters is 1. The number of ether oxygens (including phenoxy) is 1. The lowest BCUT2D eigenvalue weighted by molar-refractivity contribution is -0.149. The molecule has 0 radical (unpaired) electrons. The van der Waals surface area contributed by atoms with Crippen LogP contribution in [0.15, 0.2) is 54.6 Å². The molecule has 2 aromatic rings. The zero-order valence-corrected chi connectivity index (χ0v) is 16.4. The van der Waals surface area contributed by atoms with E-state index in [1.54, 1.807) is 68.4 Å². The third-order valence-electron chi connectivity index (χ3n) is 3.07. The molecule has 0 amide bonds. The molecule has 0 spiro atoms. The SMILES string of the molecule is CC(C)OC(=O)[C@H](C)NP(=O)(Oc1ccccc1)Oc1ccc(Cl)cc1. The Morgan fingerprint density at radius 2 is 1.50 bits per heavy atom. The first-order valence-electron chi connectivity index (χ1n) is 8.05. The van der Waals surface area contributed by atoms with Gasteiger partial charge in [0, 0.05) is 5.02 Å². The van der Waals surface area contributed by atoms with E-state index in [0.29, 0.717) is 10.8 Å². The van der Waals surface area contributed by atoms with Gasteiger partial charge in [-0.3, -0.25) is 4.79 Å². The number of nitrogens with one attached hydrogen (secondary N) is 1. The van der Waals surface area contributed by atoms with Crippen molar-refractivity contribution in [1.82, 2.24) is 5.09 Å². The van der Waals surface area contributed by atoms with Crippen molar-refractivity contribution < 1.29 is 23.1 Å². The maximum absolute atomic E-state index is 13.2. The van der Waals surface area contributed by atoms with Crippen LogP contribution in [-0.4, -0.2) is 18.1 Å². The van der Waals surface area contributed by atoms with Crippen LogP contribution in [0.4, 0.5) is 0 Å². The molecule has 0 fully saturated rings. The minimum absolute atomic E-state index is 0.283. The molecule has 140 valence electrons. The van der Waals surface area contributed by atoms with E-state index >= 15 is 0 Å². The number of halogens is 1. The Kier molecular flexibility index (Phi) is 7.09. The van der Waals surface area contributed by atoms with Crippen molar-refractivity contribution in [1.29, 1.82) is 0 Å². The molecular weight excluding hydrogens is 377 g/mol. The molecule has 0 aliphatic rings. The van der Waals surface area contributed by atoms with E-state index in [9.17, 15) is 9.36 Å². The number of rotatable bonds is 8. The Bertz CT molecular complexity index is 767. The molecule has 0 heterocycles. The van der Waals surface area contributed by atoms with E-state index < -0.39 is 19.8 Å². The van der Waals surface area contributed by atoms with Crippen molar-refractivity contribution in [2.24, 2.45) is 0 Å². The molecule has 0 aromatic heterocycles. The molecule has 0 saturated carbocycles. The molecule has 0 saturated heterocycles. The highest BCUT2D eigenvalue weighted by atomic mass is 35.5. The first-order valence-corrected chi connectivity index (χ1v) is 9.97. The van der Waals surface area contributed by atoms with Gasteiger partial charge in [0.1, 0.15) is 17.5 Å². The average Bonchev–Trinajstić information content (AvgIpc) is 2.57. The summed E-state index contributed by atoms with van der Waals surface area (Å²) in [7, 11) is -3.93. The van der Waals surface area contributed by atoms with Gasteiger partial charge in [-0.15, -0.1) is 0 Å². The lowest BCUT2D eigenvalue weighted by Gasteiger charge is -2.23. The highest BCUT2D eigenvalue weighted by Crippen LogP contribution is 2.45. The molecule has 0 bridgehead atoms. The summed E-state index contributed by atoms with van der Waals surface area (Å²) in [6.45, 7) is 4.99. The second kappa shape index (κ2) is 9.08. The normalized spacial score (nSPS) is 14.3. The molecular formula is C18H21ClNO5P. The number of carbonyl (C=O) groups excluding carboxylic acids is 1. The van der Waals surface area contributed by atoms with Crippen LogP contribution in [0.25, 0.3) is 0 Å². The van der Waals surface area contributed by atoms with Gasteiger partial charge >= 0.3 is 13.7 Å². The summed E-state index contributed by atoms with van der Waals surface area (Å²) in [5.41, 5.74) is 0. The summed E-state index contributed by atoms with van der Waals surface area (Å²) in [5.74, 6) is 0.0592. The lowest BCUT2D eigenvalue weighted by atomic mass is 10.3. The van der Waals surface area contributed by atoms with E-state index in [1.807, 2.05) is 0 Å². The molecule has 6 nitrogen and oxygen atoms in total. The van der Waals surface area contributed by atoms with Crippen LogP contribution in [0.3, 0.4) is 0 Å². The fraction of sp³-hybridized carbons (Fsp3) is 0.278. The molecule has 26 heavy (non-hydrogen) atoms. The zero-order valence-electron chi connectivity index (χ0n) is 14.7. The van der Waals surface area contributed by atoms with Crippen LogP contribution in [0.2, 0.25) is 5.02 Å². The fourth-order valence-electron chi connectivity index (χ4n) is 1.95. The van der Waals surface area contributed by atoms with Crippen molar-refractivity contribution in [2.75, 3.05) is 0 Å². The molecule has 1 unspecified atom stereocenters. The van der Waals surface area contributed by atoms with Crippen LogP contribution < -0.4 is 14.1 Å². The molecule has 2 atom stereocenters. The van der Waals surface area contributed by atoms with Gasteiger partial charge < -0.3 is 13.8 Å². The summed E-state index contributed by atoms with van der Waals surface area (Å²) < 4.78 is 29.5. The predicted octanol–water partition coefficient (Wildman–Crippen LogP) is 4.84. The Morgan fingerprint density at radius 1 is 0.962 bits per heavy atom. The smallest absolute Gasteiger partial charge is 0.462 e. The standard InChI is InChI=1S/C18H21ClNO5P/c1-13(2)23-18(21)14(3)20-26(22,24-16-7-5-4-6-8-16)25-17-11-9-15(19)10-12-17/h4-14H,1-3H3,(H,20,22)/t14-,26?/m0/s1. The third kappa shape index (κ3) is 6.37. The summed E-state index contributed by atoms with van der Waals surface area (Å²) in [6, 6.07) is 13.9. The quantitative estimate of drug-likeness (QED) is 0.507. The van der Waals surface area contributed by atoms with Gasteiger partial charge in [-0.05, 0) is 57.2 Å². The van der Waals surface area contributed by atoms with Gasteiger partial charge in [-0.2, -0.15) is 5.09 Å². The van der Waals surface area contributed by atoms with Crippen molar-refractivity contribution in [3.63, 3.8) is 0 Å². The van der Waals surface area contributed by atoms with E-state index in [2.05, 4.69) is 5.09 Å². The number of carbonyl (C=O) groups is 1. The Morgan fingerprint density at radius 3 is 2.04 bits per heavy atom. The molecule has 2 rings (SSSR count). The summed E-state index contributed by atoms with van der Waals surface area (Å²) in [6.07, 6.45) is -0.293. The van der Waals surface area contributed by atoms with Crippen LogP contribution >= 0.6 is 19.3 Å². The van der Waals surface area contributed by atoms with E-state index in [1.165, 1.54) is 6.92 Å². The van der Waals surface area contributed by atoms with E-state index in [0.717, 1.165) is 0 Å². The Balaban J connectivity index is 2.21. The van der Waals surface area contributed by atoms with E-state index in [4.69, 9.17) is 25.4 Å². The summed E-state index contributed by atoms with van der Waals surface area (Å²) >= 11 is 5.85. The number of benzene rings is 2. The Labute approximate surface area is 158 Å². The van der Waals surface area contributed by atoms with Gasteiger partial charge in [0.05, 0.1) is 6.10 Å². The number of hydrogen-bond donors (Lipinski definition) is 1. The zero-order chi connectivity index (χ0) is 19.2. The van der Waals surface area contributed by atoms with Crippen molar-refractivity contribution in [2.45, 2.75) is 32.9 Å². The molecule has 0 aliphatic carbocycles. The van der Waals surface area contributed by atoms with Gasteiger partial charge in [0.25, 0.3) is 0 Å². The maximum atomic E-state index is 13.2. The predicted molar refractivity (Wildman–Crippen MR) is 101 cm³/mol. The summed E-state index contributed by atoms with van der Waals surface area (Å²) in [5, 5.41) is 3.13. The first kappa shape index (κ1) is 20.3.